The molecule has 1 heterocycles. The molecule has 0 radical (unpaired) electrons. The lowest BCUT2D eigenvalue weighted by molar-refractivity contribution is -0.114. The normalized spacial score (nSPS) is 9.86. The summed E-state index contributed by atoms with van der Waals surface area (Å²) in [7, 11) is 0. The summed E-state index contributed by atoms with van der Waals surface area (Å²) in [5, 5.41) is 17.5. The first-order valence-corrected chi connectivity index (χ1v) is 8.46. The van der Waals surface area contributed by atoms with Gasteiger partial charge in [0.2, 0.25) is 5.91 Å². The lowest BCUT2D eigenvalue weighted by Gasteiger charge is -2.09. The molecule has 0 aliphatic carbocycles. The lowest BCUT2D eigenvalue weighted by atomic mass is 10.2. The van der Waals surface area contributed by atoms with Gasteiger partial charge in [0.25, 0.3) is 5.91 Å². The molecule has 0 aliphatic heterocycles. The van der Waals surface area contributed by atoms with Crippen molar-refractivity contribution in [2.75, 3.05) is 16.0 Å². The van der Waals surface area contributed by atoms with E-state index in [0.29, 0.717) is 28.3 Å². The van der Waals surface area contributed by atoms with E-state index in [2.05, 4.69) is 27.0 Å². The summed E-state index contributed by atoms with van der Waals surface area (Å²) >= 11 is 0. The predicted octanol–water partition coefficient (Wildman–Crippen LogP) is 3.91. The molecule has 1 aromatic heterocycles. The molecular formula is C21H17N5O2. The van der Waals surface area contributed by atoms with Gasteiger partial charge in [-0.3, -0.25) is 9.59 Å². The molecule has 0 fully saturated rings. The molecule has 2 amide bonds. The Hall–Kier alpha value is -4.18. The molecule has 138 valence electrons. The summed E-state index contributed by atoms with van der Waals surface area (Å²) < 4.78 is 0. The standard InChI is InChI=1S/C21H17N5O2/c1-14(27)24-18-6-3-7-19(11-18)26-21(28)16-8-9-20(23-13-16)25-17-5-2-4-15(10-17)12-22/h2-11,13H,1H3,(H,23,25)(H,24,27)(H,26,28). The van der Waals surface area contributed by atoms with E-state index < -0.39 is 0 Å². The number of hydrogen-bond donors (Lipinski definition) is 3. The third kappa shape index (κ3) is 4.93. The van der Waals surface area contributed by atoms with Crippen LogP contribution in [-0.2, 0) is 4.79 Å². The Morgan fingerprint density at radius 3 is 2.32 bits per heavy atom. The van der Waals surface area contributed by atoms with Crippen LogP contribution in [-0.4, -0.2) is 16.8 Å². The van der Waals surface area contributed by atoms with E-state index in [1.807, 2.05) is 6.07 Å². The van der Waals surface area contributed by atoms with Crippen LogP contribution >= 0.6 is 0 Å². The summed E-state index contributed by atoms with van der Waals surface area (Å²) in [6.07, 6.45) is 1.46. The number of nitrogens with one attached hydrogen (secondary N) is 3. The van der Waals surface area contributed by atoms with Gasteiger partial charge in [-0.1, -0.05) is 12.1 Å². The van der Waals surface area contributed by atoms with Crippen molar-refractivity contribution in [1.29, 1.82) is 5.26 Å². The molecule has 0 saturated carbocycles. The van der Waals surface area contributed by atoms with E-state index in [1.165, 1.54) is 13.1 Å². The molecule has 7 heteroatoms. The number of nitrogens with zero attached hydrogens (tertiary/aromatic N) is 2. The zero-order valence-electron chi connectivity index (χ0n) is 15.1. The van der Waals surface area contributed by atoms with Gasteiger partial charge >= 0.3 is 0 Å². The molecule has 0 spiro atoms. The minimum absolute atomic E-state index is 0.184. The maximum absolute atomic E-state index is 12.4. The van der Waals surface area contributed by atoms with Crippen molar-refractivity contribution in [1.82, 2.24) is 4.98 Å². The van der Waals surface area contributed by atoms with Crippen molar-refractivity contribution in [2.24, 2.45) is 0 Å². The van der Waals surface area contributed by atoms with Crippen molar-refractivity contribution < 1.29 is 9.59 Å². The molecule has 3 N–H and O–H groups in total. The fourth-order valence-corrected chi connectivity index (χ4v) is 2.50. The highest BCUT2D eigenvalue weighted by Crippen LogP contribution is 2.18. The van der Waals surface area contributed by atoms with Gasteiger partial charge < -0.3 is 16.0 Å². The molecular weight excluding hydrogens is 354 g/mol. The SMILES string of the molecule is CC(=O)Nc1cccc(NC(=O)c2ccc(Nc3cccc(C#N)c3)nc2)c1. The predicted molar refractivity (Wildman–Crippen MR) is 107 cm³/mol. The summed E-state index contributed by atoms with van der Waals surface area (Å²) in [6, 6.07) is 19.3. The van der Waals surface area contributed by atoms with Gasteiger partial charge in [-0.05, 0) is 48.5 Å². The maximum atomic E-state index is 12.4. The third-order valence-corrected chi connectivity index (χ3v) is 3.73. The Bertz CT molecular complexity index is 1050. The highest BCUT2D eigenvalue weighted by atomic mass is 16.2. The molecule has 0 atom stereocenters. The minimum atomic E-state index is -0.314. The highest BCUT2D eigenvalue weighted by Gasteiger charge is 2.08. The summed E-state index contributed by atoms with van der Waals surface area (Å²) in [4.78, 5) is 27.8. The van der Waals surface area contributed by atoms with Crippen LogP contribution in [0.5, 0.6) is 0 Å². The zero-order valence-corrected chi connectivity index (χ0v) is 15.1. The molecule has 0 unspecified atom stereocenters. The average molecular weight is 371 g/mol. The second kappa shape index (κ2) is 8.47. The maximum Gasteiger partial charge on any atom is 0.257 e. The van der Waals surface area contributed by atoms with Crippen LogP contribution in [0.25, 0.3) is 0 Å². The number of pyridine rings is 1. The molecule has 2 aromatic carbocycles. The summed E-state index contributed by atoms with van der Waals surface area (Å²) in [5.74, 6) is 0.0564. The molecule has 0 saturated heterocycles. The highest BCUT2D eigenvalue weighted by molar-refractivity contribution is 6.04. The van der Waals surface area contributed by atoms with Gasteiger partial charge in [-0.15, -0.1) is 0 Å². The van der Waals surface area contributed by atoms with Crippen molar-refractivity contribution in [3.63, 3.8) is 0 Å². The first-order valence-electron chi connectivity index (χ1n) is 8.46. The molecule has 0 bridgehead atoms. The number of hydrogen-bond acceptors (Lipinski definition) is 5. The molecule has 7 nitrogen and oxygen atoms in total. The van der Waals surface area contributed by atoms with Gasteiger partial charge in [-0.25, -0.2) is 4.98 Å². The fraction of sp³-hybridized carbons (Fsp3) is 0.0476. The quantitative estimate of drug-likeness (QED) is 0.630. The van der Waals surface area contributed by atoms with Crippen molar-refractivity contribution in [2.45, 2.75) is 6.92 Å². The number of anilines is 4. The molecule has 28 heavy (non-hydrogen) atoms. The Morgan fingerprint density at radius 2 is 1.64 bits per heavy atom. The van der Waals surface area contributed by atoms with E-state index in [0.717, 1.165) is 5.69 Å². The Morgan fingerprint density at radius 1 is 0.929 bits per heavy atom. The van der Waals surface area contributed by atoms with Crippen LogP contribution in [0.1, 0.15) is 22.8 Å². The summed E-state index contributed by atoms with van der Waals surface area (Å²) in [6.45, 7) is 1.42. The number of carbonyl (C=O) groups excluding carboxylic acids is 2. The monoisotopic (exact) mass is 371 g/mol. The number of benzene rings is 2. The van der Waals surface area contributed by atoms with Crippen LogP contribution in [0.3, 0.4) is 0 Å². The van der Waals surface area contributed by atoms with Crippen LogP contribution in [0, 0.1) is 11.3 Å². The van der Waals surface area contributed by atoms with Gasteiger partial charge in [0.05, 0.1) is 17.2 Å². The van der Waals surface area contributed by atoms with Gasteiger partial charge in [-0.2, -0.15) is 5.26 Å². The van der Waals surface area contributed by atoms with E-state index in [9.17, 15) is 9.59 Å². The lowest BCUT2D eigenvalue weighted by Crippen LogP contribution is -2.13. The number of nitriles is 1. The summed E-state index contributed by atoms with van der Waals surface area (Å²) in [5.41, 5.74) is 2.83. The zero-order chi connectivity index (χ0) is 19.9. The Kier molecular flexibility index (Phi) is 5.63. The van der Waals surface area contributed by atoms with Crippen LogP contribution in [0.4, 0.5) is 22.9 Å². The van der Waals surface area contributed by atoms with Gasteiger partial charge in [0.15, 0.2) is 0 Å². The smallest absolute Gasteiger partial charge is 0.257 e. The second-order valence-electron chi connectivity index (χ2n) is 5.97. The van der Waals surface area contributed by atoms with Crippen molar-refractivity contribution in [3.05, 3.63) is 78.0 Å². The molecule has 0 aliphatic rings. The van der Waals surface area contributed by atoms with Crippen molar-refractivity contribution in [3.8, 4) is 6.07 Å². The Labute approximate surface area is 162 Å². The third-order valence-electron chi connectivity index (χ3n) is 3.73. The van der Waals surface area contributed by atoms with Crippen LogP contribution in [0.15, 0.2) is 66.9 Å². The van der Waals surface area contributed by atoms with Gasteiger partial charge in [0.1, 0.15) is 5.82 Å². The van der Waals surface area contributed by atoms with E-state index in [1.54, 1.807) is 54.6 Å². The van der Waals surface area contributed by atoms with Gasteiger partial charge in [0, 0.05) is 30.2 Å². The number of rotatable bonds is 5. The van der Waals surface area contributed by atoms with E-state index in [4.69, 9.17) is 5.26 Å². The van der Waals surface area contributed by atoms with E-state index >= 15 is 0 Å². The number of aromatic nitrogens is 1. The second-order valence-corrected chi connectivity index (χ2v) is 5.97. The molecule has 3 rings (SSSR count). The first kappa shape index (κ1) is 18.6. The van der Waals surface area contributed by atoms with Crippen LogP contribution < -0.4 is 16.0 Å². The largest absolute Gasteiger partial charge is 0.340 e. The average Bonchev–Trinajstić information content (AvgIpc) is 2.68. The molecule has 3 aromatic rings. The fourth-order valence-electron chi connectivity index (χ4n) is 2.50. The number of carbonyl (C=O) groups is 2. The Balaban J connectivity index is 1.67. The minimum Gasteiger partial charge on any atom is -0.340 e. The first-order chi connectivity index (χ1) is 13.5. The topological polar surface area (TPSA) is 107 Å². The number of amides is 2. The van der Waals surface area contributed by atoms with Crippen LogP contribution in [0.2, 0.25) is 0 Å². The van der Waals surface area contributed by atoms with E-state index in [-0.39, 0.29) is 11.8 Å². The van der Waals surface area contributed by atoms with Crippen molar-refractivity contribution >= 4 is 34.7 Å².